The van der Waals surface area contributed by atoms with E-state index in [0.29, 0.717) is 9.90 Å². The number of thiazole rings is 1. The zero-order chi connectivity index (χ0) is 19.0. The summed E-state index contributed by atoms with van der Waals surface area (Å²) in [7, 11) is 1.77. The van der Waals surface area contributed by atoms with Crippen LogP contribution in [0.4, 0.5) is 0 Å². The van der Waals surface area contributed by atoms with E-state index in [9.17, 15) is 4.79 Å². The minimum Gasteiger partial charge on any atom is -0.459 e. The molecule has 27 heavy (non-hydrogen) atoms. The number of para-hydroxylation sites is 1. The van der Waals surface area contributed by atoms with Gasteiger partial charge < -0.3 is 9.32 Å². The van der Waals surface area contributed by atoms with Crippen molar-refractivity contribution in [2.24, 2.45) is 0 Å². The molecule has 2 heterocycles. The molecule has 0 radical (unpaired) electrons. The van der Waals surface area contributed by atoms with Gasteiger partial charge in [-0.2, -0.15) is 0 Å². The fraction of sp³-hybridized carbons (Fsp3) is 0.143. The van der Waals surface area contributed by atoms with Crippen LogP contribution < -0.4 is 0 Å². The van der Waals surface area contributed by atoms with E-state index < -0.39 is 0 Å². The van der Waals surface area contributed by atoms with Crippen LogP contribution in [0.25, 0.3) is 21.5 Å². The van der Waals surface area contributed by atoms with E-state index in [1.807, 2.05) is 61.5 Å². The van der Waals surface area contributed by atoms with Gasteiger partial charge in [0.2, 0.25) is 0 Å². The van der Waals surface area contributed by atoms with Crippen molar-refractivity contribution in [2.75, 3.05) is 7.05 Å². The number of fused-ring (bicyclic) bond motifs is 1. The van der Waals surface area contributed by atoms with E-state index in [1.54, 1.807) is 18.1 Å². The predicted octanol–water partition coefficient (Wildman–Crippen LogP) is 6.04. The van der Waals surface area contributed by atoms with Crippen LogP contribution in [0.5, 0.6) is 0 Å². The standard InChI is InChI=1S/C21H17ClN2O2S/c1-13(18-11-14-7-3-6-10-17(14)26-18)24(2)21(25)19-12-23-20(27-19)15-8-4-5-9-16(15)22/h3-13H,1-2H3. The fourth-order valence-electron chi connectivity index (χ4n) is 2.88. The van der Waals surface area contributed by atoms with Gasteiger partial charge in [-0.25, -0.2) is 4.98 Å². The Bertz CT molecular complexity index is 1090. The molecule has 2 aromatic carbocycles. The lowest BCUT2D eigenvalue weighted by molar-refractivity contribution is 0.0732. The second kappa shape index (κ2) is 7.18. The molecule has 0 aliphatic carbocycles. The van der Waals surface area contributed by atoms with Gasteiger partial charge in [0.15, 0.2) is 0 Å². The first-order valence-corrected chi connectivity index (χ1v) is 9.70. The highest BCUT2D eigenvalue weighted by Gasteiger charge is 2.24. The zero-order valence-corrected chi connectivity index (χ0v) is 16.4. The molecule has 4 nitrogen and oxygen atoms in total. The number of carbonyl (C=O) groups is 1. The summed E-state index contributed by atoms with van der Waals surface area (Å²) in [5.41, 5.74) is 1.65. The molecule has 0 spiro atoms. The third-order valence-electron chi connectivity index (χ3n) is 4.58. The van der Waals surface area contributed by atoms with Crippen LogP contribution in [-0.4, -0.2) is 22.8 Å². The molecule has 0 saturated heterocycles. The van der Waals surface area contributed by atoms with Crippen molar-refractivity contribution in [3.05, 3.63) is 76.5 Å². The highest BCUT2D eigenvalue weighted by Crippen LogP contribution is 2.33. The lowest BCUT2D eigenvalue weighted by atomic mass is 10.2. The van der Waals surface area contributed by atoms with Gasteiger partial charge in [-0.3, -0.25) is 4.79 Å². The summed E-state index contributed by atoms with van der Waals surface area (Å²) < 4.78 is 5.90. The van der Waals surface area contributed by atoms with Crippen LogP contribution in [0.15, 0.2) is 65.2 Å². The average Bonchev–Trinajstić information content (AvgIpc) is 3.33. The summed E-state index contributed by atoms with van der Waals surface area (Å²) in [6.07, 6.45) is 1.60. The highest BCUT2D eigenvalue weighted by molar-refractivity contribution is 7.17. The van der Waals surface area contributed by atoms with Crippen LogP contribution in [0.2, 0.25) is 5.02 Å². The maximum absolute atomic E-state index is 12.9. The first-order chi connectivity index (χ1) is 13.0. The van der Waals surface area contributed by atoms with Crippen molar-refractivity contribution in [2.45, 2.75) is 13.0 Å². The number of benzene rings is 2. The molecule has 0 fully saturated rings. The normalized spacial score (nSPS) is 12.3. The molecule has 6 heteroatoms. The summed E-state index contributed by atoms with van der Waals surface area (Å²) in [4.78, 5) is 19.5. The second-order valence-electron chi connectivity index (χ2n) is 6.29. The number of furan rings is 1. The molecule has 0 bridgehead atoms. The summed E-state index contributed by atoms with van der Waals surface area (Å²) in [5.74, 6) is 0.654. The second-order valence-corrected chi connectivity index (χ2v) is 7.73. The smallest absolute Gasteiger partial charge is 0.265 e. The summed E-state index contributed by atoms with van der Waals surface area (Å²) in [6, 6.07) is 17.1. The molecule has 0 N–H and O–H groups in total. The largest absolute Gasteiger partial charge is 0.459 e. The number of amides is 1. The van der Waals surface area contributed by atoms with Crippen LogP contribution >= 0.6 is 22.9 Å². The van der Waals surface area contributed by atoms with Crippen LogP contribution in [0.3, 0.4) is 0 Å². The zero-order valence-electron chi connectivity index (χ0n) is 14.8. The Hall–Kier alpha value is -2.63. The molecule has 1 atom stereocenters. The van der Waals surface area contributed by atoms with Gasteiger partial charge in [0, 0.05) is 18.0 Å². The SMILES string of the molecule is CC(c1cc2ccccc2o1)N(C)C(=O)c1cnc(-c2ccccc2Cl)s1. The van der Waals surface area contributed by atoms with Crippen LogP contribution in [-0.2, 0) is 0 Å². The Labute approximate surface area is 166 Å². The first-order valence-electron chi connectivity index (χ1n) is 8.51. The Balaban J connectivity index is 1.58. The van der Waals surface area contributed by atoms with Gasteiger partial charge in [-0.05, 0) is 25.1 Å². The van der Waals surface area contributed by atoms with Crippen molar-refractivity contribution in [1.82, 2.24) is 9.88 Å². The average molecular weight is 397 g/mol. The van der Waals surface area contributed by atoms with E-state index in [-0.39, 0.29) is 11.9 Å². The summed E-state index contributed by atoms with van der Waals surface area (Å²) in [5, 5.41) is 2.38. The number of nitrogens with zero attached hydrogens (tertiary/aromatic N) is 2. The van der Waals surface area contributed by atoms with Gasteiger partial charge in [0.05, 0.1) is 17.3 Å². The van der Waals surface area contributed by atoms with Crippen molar-refractivity contribution < 1.29 is 9.21 Å². The van der Waals surface area contributed by atoms with Gasteiger partial charge in [0.1, 0.15) is 21.2 Å². The number of carbonyl (C=O) groups excluding carboxylic acids is 1. The minimum atomic E-state index is -0.198. The molecular weight excluding hydrogens is 380 g/mol. The van der Waals surface area contributed by atoms with Gasteiger partial charge >= 0.3 is 0 Å². The molecule has 136 valence electrons. The predicted molar refractivity (Wildman–Crippen MR) is 109 cm³/mol. The Kier molecular flexibility index (Phi) is 4.72. The first kappa shape index (κ1) is 17.8. The third kappa shape index (κ3) is 3.36. The summed E-state index contributed by atoms with van der Waals surface area (Å²) in [6.45, 7) is 1.95. The molecule has 1 unspecified atom stereocenters. The number of hydrogen-bond donors (Lipinski definition) is 0. The van der Waals surface area contributed by atoms with Crippen molar-refractivity contribution in [1.29, 1.82) is 0 Å². The Morgan fingerprint density at radius 3 is 2.70 bits per heavy atom. The maximum atomic E-state index is 12.9. The number of hydrogen-bond acceptors (Lipinski definition) is 4. The molecule has 4 aromatic rings. The molecule has 2 aromatic heterocycles. The Morgan fingerprint density at radius 1 is 1.19 bits per heavy atom. The van der Waals surface area contributed by atoms with E-state index in [2.05, 4.69) is 4.98 Å². The quantitative estimate of drug-likeness (QED) is 0.422. The topological polar surface area (TPSA) is 46.3 Å². The van der Waals surface area contributed by atoms with E-state index in [0.717, 1.165) is 27.3 Å². The highest BCUT2D eigenvalue weighted by atomic mass is 35.5. The molecule has 0 saturated carbocycles. The maximum Gasteiger partial charge on any atom is 0.265 e. The van der Waals surface area contributed by atoms with Crippen LogP contribution in [0, 0.1) is 0 Å². The van der Waals surface area contributed by atoms with Gasteiger partial charge in [-0.15, -0.1) is 11.3 Å². The van der Waals surface area contributed by atoms with E-state index in [1.165, 1.54) is 11.3 Å². The minimum absolute atomic E-state index is 0.0984. The number of aromatic nitrogens is 1. The monoisotopic (exact) mass is 396 g/mol. The molecule has 0 aliphatic rings. The number of halogens is 1. The molecule has 1 amide bonds. The Morgan fingerprint density at radius 2 is 1.93 bits per heavy atom. The van der Waals surface area contributed by atoms with E-state index >= 15 is 0 Å². The van der Waals surface area contributed by atoms with Gasteiger partial charge in [0.25, 0.3) is 5.91 Å². The fourth-order valence-corrected chi connectivity index (χ4v) is 4.10. The molecular formula is C21H17ClN2O2S. The van der Waals surface area contributed by atoms with Crippen molar-refractivity contribution in [3.8, 4) is 10.6 Å². The lowest BCUT2D eigenvalue weighted by Gasteiger charge is -2.22. The van der Waals surface area contributed by atoms with Gasteiger partial charge in [-0.1, -0.05) is 48.0 Å². The summed E-state index contributed by atoms with van der Waals surface area (Å²) >= 11 is 7.58. The van der Waals surface area contributed by atoms with Crippen molar-refractivity contribution >= 4 is 39.8 Å². The molecule has 0 aliphatic heterocycles. The molecule has 4 rings (SSSR count). The van der Waals surface area contributed by atoms with E-state index in [4.69, 9.17) is 16.0 Å². The van der Waals surface area contributed by atoms with Crippen LogP contribution in [0.1, 0.15) is 28.4 Å². The lowest BCUT2D eigenvalue weighted by Crippen LogP contribution is -2.28. The van der Waals surface area contributed by atoms with Crippen molar-refractivity contribution in [3.63, 3.8) is 0 Å². The third-order valence-corrected chi connectivity index (χ3v) is 5.93. The number of rotatable bonds is 4.